The van der Waals surface area contributed by atoms with E-state index >= 15 is 0 Å². The molecule has 196 valence electrons. The fourth-order valence-electron chi connectivity index (χ4n) is 9.02. The van der Waals surface area contributed by atoms with E-state index in [1.165, 1.54) is 20.8 Å². The van der Waals surface area contributed by atoms with Gasteiger partial charge in [0.05, 0.1) is 5.41 Å². The van der Waals surface area contributed by atoms with Crippen LogP contribution in [-0.2, 0) is 33.4 Å². The zero-order valence-corrected chi connectivity index (χ0v) is 21.3. The van der Waals surface area contributed by atoms with E-state index in [0.29, 0.717) is 38.5 Å². The molecule has 0 aromatic carbocycles. The van der Waals surface area contributed by atoms with Gasteiger partial charge in [-0.1, -0.05) is 13.3 Å². The molecule has 9 nitrogen and oxygen atoms in total. The summed E-state index contributed by atoms with van der Waals surface area (Å²) in [4.78, 5) is 48.6. The van der Waals surface area contributed by atoms with Crippen LogP contribution in [0.15, 0.2) is 0 Å². The number of aliphatic carboxylic acids is 1. The largest absolute Gasteiger partial charge is 0.481 e. The minimum Gasteiger partial charge on any atom is -0.481 e. The molecule has 2 bridgehead atoms. The van der Waals surface area contributed by atoms with E-state index in [2.05, 4.69) is 6.92 Å². The van der Waals surface area contributed by atoms with Gasteiger partial charge in [0.15, 0.2) is 0 Å². The van der Waals surface area contributed by atoms with Gasteiger partial charge in [0.1, 0.15) is 24.4 Å². The van der Waals surface area contributed by atoms with Gasteiger partial charge in [-0.2, -0.15) is 0 Å². The highest BCUT2D eigenvalue weighted by atomic mass is 16.6. The van der Waals surface area contributed by atoms with E-state index in [1.54, 1.807) is 0 Å². The van der Waals surface area contributed by atoms with E-state index in [9.17, 15) is 29.4 Å². The molecule has 9 heteroatoms. The molecule has 0 aromatic heterocycles. The maximum absolute atomic E-state index is 12.5. The van der Waals surface area contributed by atoms with Crippen molar-refractivity contribution in [3.8, 4) is 0 Å². The topological polar surface area (TPSA) is 136 Å². The first-order valence-corrected chi connectivity index (χ1v) is 12.6. The van der Waals surface area contributed by atoms with E-state index in [1.807, 2.05) is 6.92 Å². The number of carboxylic acid groups (broad SMARTS) is 1. The second-order valence-corrected chi connectivity index (χ2v) is 11.9. The Morgan fingerprint density at radius 1 is 0.943 bits per heavy atom. The van der Waals surface area contributed by atoms with Gasteiger partial charge in [0.25, 0.3) is 0 Å². The fraction of sp³-hybridized carbons (Fsp3) is 0.846. The van der Waals surface area contributed by atoms with Gasteiger partial charge in [-0.25, -0.2) is 0 Å². The van der Waals surface area contributed by atoms with Gasteiger partial charge in [0.2, 0.25) is 0 Å². The molecule has 0 unspecified atom stereocenters. The van der Waals surface area contributed by atoms with Crippen molar-refractivity contribution in [2.24, 2.45) is 34.0 Å². The number of fused-ring (bicyclic) bond motifs is 3. The fourth-order valence-corrected chi connectivity index (χ4v) is 9.02. The zero-order valence-electron chi connectivity index (χ0n) is 21.3. The molecule has 4 fully saturated rings. The average molecular weight is 495 g/mol. The number of carbonyl (C=O) groups excluding carboxylic acids is 3. The summed E-state index contributed by atoms with van der Waals surface area (Å²) in [5.41, 5.74) is -3.79. The lowest BCUT2D eigenvalue weighted by molar-refractivity contribution is -0.231. The third kappa shape index (κ3) is 3.76. The number of esters is 3. The molecule has 0 saturated heterocycles. The highest BCUT2D eigenvalue weighted by Gasteiger charge is 2.76. The van der Waals surface area contributed by atoms with E-state index in [4.69, 9.17) is 14.2 Å². The quantitative estimate of drug-likeness (QED) is 0.437. The first kappa shape index (κ1) is 25.9. The Bertz CT molecular complexity index is 932. The molecule has 35 heavy (non-hydrogen) atoms. The molecule has 0 heterocycles. The Hall–Kier alpha value is -2.16. The van der Waals surface area contributed by atoms with Crippen LogP contribution in [0, 0.1) is 34.0 Å². The van der Waals surface area contributed by atoms with Gasteiger partial charge < -0.3 is 24.4 Å². The molecular formula is C26H38O9. The average Bonchev–Trinajstić information content (AvgIpc) is 2.90. The van der Waals surface area contributed by atoms with Crippen LogP contribution in [0.25, 0.3) is 0 Å². The summed E-state index contributed by atoms with van der Waals surface area (Å²) >= 11 is 0. The molecule has 4 aliphatic carbocycles. The first-order chi connectivity index (χ1) is 16.2. The summed E-state index contributed by atoms with van der Waals surface area (Å²) in [6.07, 6.45) is 2.49. The SMILES string of the molecule is CC(=O)OC[C@@]1(O)[C@@H]2C[C@H](OC(C)=O)[C@H]3[C@]4(C)CCC[C@@](C)(C(=O)O)[C@H]4CC[C@]3(C2)[C@@H]1OC(C)=O. The van der Waals surface area contributed by atoms with Crippen LogP contribution in [0.5, 0.6) is 0 Å². The lowest BCUT2D eigenvalue weighted by Crippen LogP contribution is -2.65. The normalized spacial score (nSPS) is 46.1. The van der Waals surface area contributed by atoms with Crippen LogP contribution >= 0.6 is 0 Å². The van der Waals surface area contributed by atoms with Crippen molar-refractivity contribution in [1.82, 2.24) is 0 Å². The second kappa shape index (κ2) is 8.46. The van der Waals surface area contributed by atoms with Crippen LogP contribution in [0.1, 0.15) is 79.6 Å². The number of carboxylic acids is 1. The Kier molecular flexibility index (Phi) is 6.26. The standard InChI is InChI=1S/C26H38O9/c1-14(27)33-13-26(32)17-11-18(34-15(2)28)20-23(4)8-6-9-24(5,22(30)31)19(23)7-10-25(20,12-17)21(26)35-16(3)29/h17-21,32H,6-13H2,1-5H3,(H,30,31)/t17-,18+,19+,20+,21+,23-,24-,25-,26-/m1/s1. The molecule has 0 amide bonds. The van der Waals surface area contributed by atoms with Gasteiger partial charge >= 0.3 is 23.9 Å². The van der Waals surface area contributed by atoms with E-state index in [0.717, 1.165) is 6.42 Å². The third-order valence-electron chi connectivity index (χ3n) is 10.00. The monoisotopic (exact) mass is 494 g/mol. The maximum atomic E-state index is 12.5. The smallest absolute Gasteiger partial charge is 0.309 e. The molecule has 4 aliphatic rings. The summed E-state index contributed by atoms with van der Waals surface area (Å²) in [6, 6.07) is 0. The molecule has 4 saturated carbocycles. The van der Waals surface area contributed by atoms with Crippen LogP contribution in [0.4, 0.5) is 0 Å². The highest BCUT2D eigenvalue weighted by molar-refractivity contribution is 5.75. The predicted octanol–water partition coefficient (Wildman–Crippen LogP) is 2.86. The van der Waals surface area contributed by atoms with Crippen LogP contribution in [0.3, 0.4) is 0 Å². The Morgan fingerprint density at radius 3 is 2.17 bits per heavy atom. The Morgan fingerprint density at radius 2 is 1.60 bits per heavy atom. The van der Waals surface area contributed by atoms with Crippen LogP contribution in [0.2, 0.25) is 0 Å². The minimum atomic E-state index is -1.63. The van der Waals surface area contributed by atoms with Crippen molar-refractivity contribution in [2.75, 3.05) is 6.61 Å². The maximum Gasteiger partial charge on any atom is 0.309 e. The Balaban J connectivity index is 1.87. The third-order valence-corrected chi connectivity index (χ3v) is 10.00. The molecule has 9 atom stereocenters. The van der Waals surface area contributed by atoms with Crippen molar-refractivity contribution in [3.05, 3.63) is 0 Å². The molecule has 0 aliphatic heterocycles. The second-order valence-electron chi connectivity index (χ2n) is 11.9. The molecular weight excluding hydrogens is 456 g/mol. The number of hydrogen-bond acceptors (Lipinski definition) is 8. The Labute approximate surface area is 205 Å². The summed E-state index contributed by atoms with van der Waals surface area (Å²) < 4.78 is 17.1. The molecule has 4 rings (SSSR count). The van der Waals surface area contributed by atoms with Gasteiger partial charge in [-0.15, -0.1) is 0 Å². The van der Waals surface area contributed by atoms with Gasteiger partial charge in [-0.3, -0.25) is 19.2 Å². The summed E-state index contributed by atoms with van der Waals surface area (Å²) in [7, 11) is 0. The molecule has 0 radical (unpaired) electrons. The number of ether oxygens (including phenoxy) is 3. The summed E-state index contributed by atoms with van der Waals surface area (Å²) in [5, 5.41) is 22.2. The van der Waals surface area contributed by atoms with Crippen molar-refractivity contribution in [3.63, 3.8) is 0 Å². The van der Waals surface area contributed by atoms with Gasteiger partial charge in [-0.05, 0) is 62.7 Å². The molecule has 1 spiro atoms. The minimum absolute atomic E-state index is 0.161. The van der Waals surface area contributed by atoms with Crippen molar-refractivity contribution < 1.29 is 43.6 Å². The van der Waals surface area contributed by atoms with Crippen molar-refractivity contribution >= 4 is 23.9 Å². The number of rotatable bonds is 5. The number of hydrogen-bond donors (Lipinski definition) is 2. The lowest BCUT2D eigenvalue weighted by Gasteiger charge is -2.64. The predicted molar refractivity (Wildman–Crippen MR) is 122 cm³/mol. The lowest BCUT2D eigenvalue weighted by atomic mass is 9.40. The van der Waals surface area contributed by atoms with Crippen molar-refractivity contribution in [2.45, 2.75) is 97.4 Å². The van der Waals surface area contributed by atoms with Gasteiger partial charge in [0, 0.05) is 32.1 Å². The number of aliphatic hydroxyl groups is 1. The van der Waals surface area contributed by atoms with Crippen LogP contribution < -0.4 is 0 Å². The zero-order chi connectivity index (χ0) is 26.0. The van der Waals surface area contributed by atoms with E-state index in [-0.39, 0.29) is 18.4 Å². The van der Waals surface area contributed by atoms with E-state index < -0.39 is 63.8 Å². The highest BCUT2D eigenvalue weighted by Crippen LogP contribution is 2.73. The summed E-state index contributed by atoms with van der Waals surface area (Å²) in [6.45, 7) is 7.49. The first-order valence-electron chi connectivity index (χ1n) is 12.6. The number of carbonyl (C=O) groups is 4. The summed E-state index contributed by atoms with van der Waals surface area (Å²) in [5.74, 6) is -3.26. The van der Waals surface area contributed by atoms with Crippen LogP contribution in [-0.4, -0.2) is 58.5 Å². The molecule has 2 N–H and O–H groups in total. The van der Waals surface area contributed by atoms with Crippen molar-refractivity contribution in [1.29, 1.82) is 0 Å². The molecule has 0 aromatic rings.